The van der Waals surface area contributed by atoms with E-state index in [1.54, 1.807) is 13.2 Å². The number of anilines is 1. The minimum atomic E-state index is -0.542. The van der Waals surface area contributed by atoms with Gasteiger partial charge in [0.2, 0.25) is 0 Å². The van der Waals surface area contributed by atoms with Crippen LogP contribution in [0.3, 0.4) is 0 Å². The van der Waals surface area contributed by atoms with Crippen LogP contribution in [-0.4, -0.2) is 32.1 Å². The smallest absolute Gasteiger partial charge is 0.348 e. The fraction of sp³-hybridized carbons (Fsp3) is 0.467. The molecule has 106 valence electrons. The molecule has 0 unspecified atom stereocenters. The number of ether oxygens (including phenoxy) is 2. The zero-order chi connectivity index (χ0) is 14.1. The summed E-state index contributed by atoms with van der Waals surface area (Å²) in [7, 11) is 1.59. The summed E-state index contributed by atoms with van der Waals surface area (Å²) in [5.41, 5.74) is 2.05. The first-order chi connectivity index (χ1) is 9.69. The van der Waals surface area contributed by atoms with Gasteiger partial charge in [0.15, 0.2) is 0 Å². The highest BCUT2D eigenvalue weighted by molar-refractivity contribution is 6.06. The molecule has 2 heterocycles. The molecule has 0 N–H and O–H groups in total. The maximum absolute atomic E-state index is 12.0. The summed E-state index contributed by atoms with van der Waals surface area (Å²) >= 11 is 0. The van der Waals surface area contributed by atoms with Gasteiger partial charge in [-0.1, -0.05) is 0 Å². The molecule has 5 heteroatoms. The molecular weight excluding hydrogens is 258 g/mol. The van der Waals surface area contributed by atoms with E-state index in [1.807, 2.05) is 6.07 Å². The molecule has 1 aromatic rings. The average molecular weight is 275 g/mol. The largest absolute Gasteiger partial charge is 0.497 e. The molecule has 0 spiro atoms. The van der Waals surface area contributed by atoms with Crippen LogP contribution in [0.4, 0.5) is 5.69 Å². The van der Waals surface area contributed by atoms with Crippen molar-refractivity contribution in [1.29, 1.82) is 0 Å². The van der Waals surface area contributed by atoms with Crippen LogP contribution in [0.1, 0.15) is 35.2 Å². The topological polar surface area (TPSA) is 55.8 Å². The predicted octanol–water partition coefficient (Wildman–Crippen LogP) is 1.93. The molecule has 1 aromatic carbocycles. The van der Waals surface area contributed by atoms with E-state index < -0.39 is 11.9 Å². The maximum Gasteiger partial charge on any atom is 0.348 e. The molecule has 1 fully saturated rings. The average Bonchev–Trinajstić information content (AvgIpc) is 2.46. The second kappa shape index (κ2) is 5.15. The Kier molecular flexibility index (Phi) is 3.34. The van der Waals surface area contributed by atoms with Gasteiger partial charge in [-0.3, -0.25) is 4.79 Å². The van der Waals surface area contributed by atoms with Crippen molar-refractivity contribution in [3.05, 3.63) is 23.3 Å². The van der Waals surface area contributed by atoms with Crippen LogP contribution >= 0.6 is 0 Å². The lowest BCUT2D eigenvalue weighted by molar-refractivity contribution is -0.137. The van der Waals surface area contributed by atoms with Crippen molar-refractivity contribution in [3.63, 3.8) is 0 Å². The molecule has 2 aliphatic rings. The summed E-state index contributed by atoms with van der Waals surface area (Å²) in [5.74, 6) is -0.369. The normalized spacial score (nSPS) is 18.6. The molecule has 0 bridgehead atoms. The summed E-state index contributed by atoms with van der Waals surface area (Å²) in [4.78, 5) is 25.7. The molecule has 5 nitrogen and oxygen atoms in total. The quantitative estimate of drug-likeness (QED) is 0.609. The lowest BCUT2D eigenvalue weighted by Crippen LogP contribution is -2.33. The Morgan fingerprint density at radius 3 is 2.60 bits per heavy atom. The highest BCUT2D eigenvalue weighted by Gasteiger charge is 2.30. The third kappa shape index (κ3) is 2.24. The second-order valence-electron chi connectivity index (χ2n) is 5.17. The Balaban J connectivity index is 2.09. The SMILES string of the molecule is COc1cc2c(c(N3CCCCC3)c1)C(=O)OC(=O)C2. The van der Waals surface area contributed by atoms with Crippen LogP contribution < -0.4 is 9.64 Å². The van der Waals surface area contributed by atoms with Gasteiger partial charge in [0.05, 0.1) is 24.8 Å². The Morgan fingerprint density at radius 2 is 1.90 bits per heavy atom. The lowest BCUT2D eigenvalue weighted by Gasteiger charge is -2.32. The number of carbonyl (C=O) groups excluding carboxylic acids is 2. The van der Waals surface area contributed by atoms with E-state index in [2.05, 4.69) is 4.90 Å². The van der Waals surface area contributed by atoms with Crippen molar-refractivity contribution >= 4 is 17.6 Å². The fourth-order valence-corrected chi connectivity index (χ4v) is 2.88. The van der Waals surface area contributed by atoms with Crippen LogP contribution in [0.2, 0.25) is 0 Å². The third-order valence-electron chi connectivity index (χ3n) is 3.85. The van der Waals surface area contributed by atoms with Gasteiger partial charge in [0.25, 0.3) is 0 Å². The third-order valence-corrected chi connectivity index (χ3v) is 3.85. The summed E-state index contributed by atoms with van der Waals surface area (Å²) in [6.45, 7) is 1.83. The standard InChI is InChI=1S/C15H17NO4/c1-19-11-7-10-8-13(17)20-15(18)14(10)12(9-11)16-5-3-2-4-6-16/h7,9H,2-6,8H2,1H3. The minimum absolute atomic E-state index is 0.124. The van der Waals surface area contributed by atoms with Gasteiger partial charge >= 0.3 is 11.9 Å². The lowest BCUT2D eigenvalue weighted by atomic mass is 9.98. The second-order valence-corrected chi connectivity index (χ2v) is 5.17. The Morgan fingerprint density at radius 1 is 1.15 bits per heavy atom. The zero-order valence-electron chi connectivity index (χ0n) is 11.5. The molecule has 0 saturated carbocycles. The van der Waals surface area contributed by atoms with Crippen molar-refractivity contribution < 1.29 is 19.1 Å². The molecule has 2 aliphatic heterocycles. The Labute approximate surface area is 117 Å². The fourth-order valence-electron chi connectivity index (χ4n) is 2.88. The molecule has 0 aromatic heterocycles. The Bertz CT molecular complexity index is 561. The van der Waals surface area contributed by atoms with Crippen LogP contribution in [0.5, 0.6) is 5.75 Å². The van der Waals surface area contributed by atoms with Crippen molar-refractivity contribution in [2.75, 3.05) is 25.1 Å². The molecule has 1 saturated heterocycles. The summed E-state index contributed by atoms with van der Waals surface area (Å²) < 4.78 is 10.1. The molecule has 0 radical (unpaired) electrons. The molecule has 0 amide bonds. The number of rotatable bonds is 2. The van der Waals surface area contributed by atoms with Crippen molar-refractivity contribution in [2.45, 2.75) is 25.7 Å². The van der Waals surface area contributed by atoms with E-state index in [0.717, 1.165) is 31.6 Å². The number of carbonyl (C=O) groups is 2. The highest BCUT2D eigenvalue weighted by Crippen LogP contribution is 2.34. The van der Waals surface area contributed by atoms with E-state index in [4.69, 9.17) is 9.47 Å². The van der Waals surface area contributed by atoms with Gasteiger partial charge in [-0.25, -0.2) is 4.79 Å². The van der Waals surface area contributed by atoms with E-state index in [0.29, 0.717) is 16.9 Å². The number of piperidine rings is 1. The number of fused-ring (bicyclic) bond motifs is 1. The monoisotopic (exact) mass is 275 g/mol. The van der Waals surface area contributed by atoms with Gasteiger partial charge in [0.1, 0.15) is 5.75 Å². The van der Waals surface area contributed by atoms with E-state index >= 15 is 0 Å². The van der Waals surface area contributed by atoms with Crippen LogP contribution in [0, 0.1) is 0 Å². The predicted molar refractivity (Wildman–Crippen MR) is 73.2 cm³/mol. The first-order valence-corrected chi connectivity index (χ1v) is 6.90. The van der Waals surface area contributed by atoms with Gasteiger partial charge < -0.3 is 14.4 Å². The van der Waals surface area contributed by atoms with E-state index in [1.165, 1.54) is 6.42 Å². The van der Waals surface area contributed by atoms with Crippen LogP contribution in [-0.2, 0) is 16.0 Å². The summed E-state index contributed by atoms with van der Waals surface area (Å²) in [5, 5.41) is 0. The van der Waals surface area contributed by atoms with E-state index in [9.17, 15) is 9.59 Å². The maximum atomic E-state index is 12.0. The molecular formula is C15H17NO4. The number of nitrogens with zero attached hydrogens (tertiary/aromatic N) is 1. The van der Waals surface area contributed by atoms with Gasteiger partial charge in [-0.05, 0) is 30.9 Å². The highest BCUT2D eigenvalue weighted by atomic mass is 16.6. The Hall–Kier alpha value is -2.04. The van der Waals surface area contributed by atoms with Gasteiger partial charge in [0, 0.05) is 19.2 Å². The van der Waals surface area contributed by atoms with Crippen molar-refractivity contribution in [2.24, 2.45) is 0 Å². The minimum Gasteiger partial charge on any atom is -0.497 e. The number of esters is 2. The number of benzene rings is 1. The first kappa shape index (κ1) is 13.0. The number of hydrogen-bond donors (Lipinski definition) is 0. The number of methoxy groups -OCH3 is 1. The zero-order valence-corrected chi connectivity index (χ0v) is 11.5. The summed E-state index contributed by atoms with van der Waals surface area (Å²) in [6, 6.07) is 3.61. The van der Waals surface area contributed by atoms with Crippen LogP contribution in [0.25, 0.3) is 0 Å². The van der Waals surface area contributed by atoms with Crippen LogP contribution in [0.15, 0.2) is 12.1 Å². The molecule has 0 atom stereocenters. The summed E-state index contributed by atoms with van der Waals surface area (Å²) in [6.07, 6.45) is 3.56. The van der Waals surface area contributed by atoms with Crippen molar-refractivity contribution in [3.8, 4) is 5.75 Å². The molecule has 20 heavy (non-hydrogen) atoms. The van der Waals surface area contributed by atoms with Crippen molar-refractivity contribution in [1.82, 2.24) is 0 Å². The van der Waals surface area contributed by atoms with Gasteiger partial charge in [-0.2, -0.15) is 0 Å². The number of hydrogen-bond acceptors (Lipinski definition) is 5. The number of cyclic esters (lactones) is 2. The van der Waals surface area contributed by atoms with E-state index in [-0.39, 0.29) is 6.42 Å². The molecule has 3 rings (SSSR count). The van der Waals surface area contributed by atoms with Gasteiger partial charge in [-0.15, -0.1) is 0 Å². The molecule has 0 aliphatic carbocycles. The first-order valence-electron chi connectivity index (χ1n) is 6.90.